The molecule has 1 aromatic rings. The Balaban J connectivity index is 3.20. The minimum absolute atomic E-state index is 0.275. The van der Waals surface area contributed by atoms with Crippen molar-refractivity contribution in [1.29, 1.82) is 0 Å². The molecule has 0 bridgehead atoms. The van der Waals surface area contributed by atoms with Gasteiger partial charge in [0.25, 0.3) is 5.69 Å². The largest absolute Gasteiger partial charge is 0.324 e. The summed E-state index contributed by atoms with van der Waals surface area (Å²) in [4.78, 5) is 9.86. The van der Waals surface area contributed by atoms with Gasteiger partial charge >= 0.3 is 0 Å². The van der Waals surface area contributed by atoms with Crippen LogP contribution in [0.5, 0.6) is 0 Å². The van der Waals surface area contributed by atoms with Crippen LogP contribution in [0.15, 0.2) is 23.1 Å². The molecular weight excluding hydrogens is 296 g/mol. The van der Waals surface area contributed by atoms with Crippen molar-refractivity contribution in [2.24, 2.45) is 11.8 Å². The van der Waals surface area contributed by atoms with Crippen LogP contribution in [0.1, 0.15) is 27.2 Å². The third-order valence-corrected chi connectivity index (χ3v) is 4.41. The van der Waals surface area contributed by atoms with Gasteiger partial charge in [0, 0.05) is 12.1 Å². The average Bonchev–Trinajstić information content (AvgIpc) is 2.36. The molecule has 118 valence electrons. The van der Waals surface area contributed by atoms with E-state index in [1.807, 2.05) is 13.8 Å². The van der Waals surface area contributed by atoms with Crippen LogP contribution in [-0.4, -0.2) is 19.4 Å². The molecule has 0 spiro atoms. The van der Waals surface area contributed by atoms with Crippen LogP contribution in [0.25, 0.3) is 0 Å². The number of nitrogens with zero attached hydrogens (tertiary/aromatic N) is 1. The standard InChI is InChI=1S/C12H20N4O4S/c1-8(2)6-9(3)15-21(19,20)12-7-10(14-13)4-5-11(12)16(17)18/h4-5,7-9,14-15H,6,13H2,1-3H3. The van der Waals surface area contributed by atoms with E-state index >= 15 is 0 Å². The zero-order chi connectivity index (χ0) is 16.2. The van der Waals surface area contributed by atoms with Crippen molar-refractivity contribution in [1.82, 2.24) is 4.72 Å². The molecule has 0 saturated carbocycles. The normalized spacial score (nSPS) is 13.2. The van der Waals surface area contributed by atoms with Crippen molar-refractivity contribution in [2.75, 3.05) is 5.43 Å². The van der Waals surface area contributed by atoms with Crippen molar-refractivity contribution in [3.8, 4) is 0 Å². The number of nitrogens with two attached hydrogens (primary N) is 1. The Morgan fingerprint density at radius 3 is 2.43 bits per heavy atom. The minimum Gasteiger partial charge on any atom is -0.324 e. The molecule has 9 heteroatoms. The summed E-state index contributed by atoms with van der Waals surface area (Å²) in [6.45, 7) is 5.65. The first-order valence-corrected chi connectivity index (χ1v) is 7.93. The van der Waals surface area contributed by atoms with E-state index in [0.717, 1.165) is 12.1 Å². The quantitative estimate of drug-likeness (QED) is 0.398. The molecule has 0 aromatic heterocycles. The average molecular weight is 316 g/mol. The highest BCUT2D eigenvalue weighted by Gasteiger charge is 2.27. The van der Waals surface area contributed by atoms with E-state index in [4.69, 9.17) is 5.84 Å². The summed E-state index contributed by atoms with van der Waals surface area (Å²) in [6.07, 6.45) is 0.627. The first kappa shape index (κ1) is 17.3. The summed E-state index contributed by atoms with van der Waals surface area (Å²) in [5, 5.41) is 11.0. The number of nitrogens with one attached hydrogen (secondary N) is 2. The summed E-state index contributed by atoms with van der Waals surface area (Å²) < 4.78 is 27.1. The van der Waals surface area contributed by atoms with E-state index in [0.29, 0.717) is 12.3 Å². The smallest absolute Gasteiger partial charge is 0.289 e. The second kappa shape index (κ2) is 6.83. The molecule has 0 amide bonds. The van der Waals surface area contributed by atoms with Crippen molar-refractivity contribution in [2.45, 2.75) is 38.1 Å². The second-order valence-corrected chi connectivity index (χ2v) is 6.92. The highest BCUT2D eigenvalue weighted by Crippen LogP contribution is 2.27. The second-order valence-electron chi connectivity index (χ2n) is 5.24. The summed E-state index contributed by atoms with van der Waals surface area (Å²) in [7, 11) is -4.00. The molecule has 0 fully saturated rings. The summed E-state index contributed by atoms with van der Waals surface area (Å²) in [6, 6.07) is 3.26. The van der Waals surface area contributed by atoms with E-state index in [2.05, 4.69) is 10.1 Å². The number of anilines is 1. The predicted molar refractivity (Wildman–Crippen MR) is 80.1 cm³/mol. The number of nitrogen functional groups attached to an aromatic ring is 1. The van der Waals surface area contributed by atoms with Crippen molar-refractivity contribution in [3.63, 3.8) is 0 Å². The lowest BCUT2D eigenvalue weighted by Gasteiger charge is -2.16. The van der Waals surface area contributed by atoms with E-state index in [-0.39, 0.29) is 11.7 Å². The molecule has 0 aliphatic rings. The highest BCUT2D eigenvalue weighted by atomic mass is 32.2. The number of hydrazine groups is 1. The minimum atomic E-state index is -4.00. The molecule has 0 aliphatic heterocycles. The van der Waals surface area contributed by atoms with Crippen molar-refractivity contribution >= 4 is 21.4 Å². The van der Waals surface area contributed by atoms with E-state index < -0.39 is 25.5 Å². The zero-order valence-electron chi connectivity index (χ0n) is 12.2. The molecule has 0 radical (unpaired) electrons. The number of hydrogen-bond donors (Lipinski definition) is 3. The van der Waals surface area contributed by atoms with E-state index in [1.54, 1.807) is 6.92 Å². The zero-order valence-corrected chi connectivity index (χ0v) is 13.0. The van der Waals surface area contributed by atoms with E-state index in [9.17, 15) is 18.5 Å². The van der Waals surface area contributed by atoms with Crippen LogP contribution in [0.2, 0.25) is 0 Å². The van der Waals surface area contributed by atoms with Gasteiger partial charge in [0.05, 0.1) is 10.6 Å². The molecule has 21 heavy (non-hydrogen) atoms. The van der Waals surface area contributed by atoms with Gasteiger partial charge in [-0.25, -0.2) is 13.1 Å². The molecular formula is C12H20N4O4S. The van der Waals surface area contributed by atoms with Gasteiger partial charge in [0.15, 0.2) is 4.90 Å². The fraction of sp³-hybridized carbons (Fsp3) is 0.500. The molecule has 1 unspecified atom stereocenters. The number of benzene rings is 1. The van der Waals surface area contributed by atoms with Crippen LogP contribution in [0, 0.1) is 16.0 Å². The number of rotatable bonds is 7. The van der Waals surface area contributed by atoms with Gasteiger partial charge in [-0.05, 0) is 31.4 Å². The summed E-state index contributed by atoms with van der Waals surface area (Å²) in [5.41, 5.74) is 2.06. The Morgan fingerprint density at radius 1 is 1.33 bits per heavy atom. The van der Waals surface area contributed by atoms with Crippen LogP contribution in [-0.2, 0) is 10.0 Å². The molecule has 1 atom stereocenters. The van der Waals surface area contributed by atoms with Crippen LogP contribution in [0.4, 0.5) is 11.4 Å². The third kappa shape index (κ3) is 4.66. The summed E-state index contributed by atoms with van der Waals surface area (Å²) in [5.74, 6) is 5.52. The molecule has 1 aromatic carbocycles. The Bertz CT molecular complexity index is 616. The number of nitro groups is 1. The molecule has 0 aliphatic carbocycles. The monoisotopic (exact) mass is 316 g/mol. The molecule has 4 N–H and O–H groups in total. The predicted octanol–water partition coefficient (Wildman–Crippen LogP) is 1.59. The Hall–Kier alpha value is -1.71. The van der Waals surface area contributed by atoms with Crippen molar-refractivity contribution < 1.29 is 13.3 Å². The maximum Gasteiger partial charge on any atom is 0.289 e. The van der Waals surface area contributed by atoms with Gasteiger partial charge in [-0.2, -0.15) is 0 Å². The first-order chi connectivity index (χ1) is 9.67. The van der Waals surface area contributed by atoms with Crippen LogP contribution >= 0.6 is 0 Å². The maximum atomic E-state index is 12.3. The van der Waals surface area contributed by atoms with Crippen LogP contribution < -0.4 is 16.0 Å². The fourth-order valence-corrected chi connectivity index (χ4v) is 3.51. The van der Waals surface area contributed by atoms with Crippen molar-refractivity contribution in [3.05, 3.63) is 28.3 Å². The number of hydrogen-bond acceptors (Lipinski definition) is 6. The first-order valence-electron chi connectivity index (χ1n) is 6.44. The fourth-order valence-electron chi connectivity index (χ4n) is 2.05. The van der Waals surface area contributed by atoms with Gasteiger partial charge < -0.3 is 5.43 Å². The Labute approximate surface area is 123 Å². The number of nitro benzene ring substituents is 1. The highest BCUT2D eigenvalue weighted by molar-refractivity contribution is 7.89. The Kier molecular flexibility index (Phi) is 5.64. The summed E-state index contributed by atoms with van der Waals surface area (Å²) >= 11 is 0. The molecule has 8 nitrogen and oxygen atoms in total. The SMILES string of the molecule is CC(C)CC(C)NS(=O)(=O)c1cc(NN)ccc1[N+](=O)[O-]. The lowest BCUT2D eigenvalue weighted by molar-refractivity contribution is -0.387. The van der Waals surface area contributed by atoms with Gasteiger partial charge in [-0.3, -0.25) is 16.0 Å². The molecule has 0 saturated heterocycles. The molecule has 0 heterocycles. The maximum absolute atomic E-state index is 12.3. The van der Waals surface area contributed by atoms with Gasteiger partial charge in [-0.1, -0.05) is 13.8 Å². The molecule has 1 rings (SSSR count). The Morgan fingerprint density at radius 2 is 1.95 bits per heavy atom. The van der Waals surface area contributed by atoms with Gasteiger partial charge in [0.1, 0.15) is 0 Å². The lowest BCUT2D eigenvalue weighted by Crippen LogP contribution is -2.34. The number of sulfonamides is 1. The van der Waals surface area contributed by atoms with Gasteiger partial charge in [-0.15, -0.1) is 0 Å². The van der Waals surface area contributed by atoms with Crippen LogP contribution in [0.3, 0.4) is 0 Å². The topological polar surface area (TPSA) is 127 Å². The third-order valence-electron chi connectivity index (χ3n) is 2.79. The lowest BCUT2D eigenvalue weighted by atomic mass is 10.1. The van der Waals surface area contributed by atoms with Gasteiger partial charge in [0.2, 0.25) is 10.0 Å². The van der Waals surface area contributed by atoms with E-state index in [1.165, 1.54) is 6.07 Å².